The molecule has 432 valence electrons. The molecule has 6 heteroatoms. The Morgan fingerprint density at radius 1 is 0.413 bits per heavy atom. The van der Waals surface area contributed by atoms with Crippen LogP contribution in [0.25, 0.3) is 170 Å². The van der Waals surface area contributed by atoms with Crippen molar-refractivity contribution in [2.45, 2.75) is 32.2 Å². The molecule has 17 aromatic rings. The first kappa shape index (κ1) is 52.2. The van der Waals surface area contributed by atoms with E-state index in [1.54, 1.807) is 0 Å². The van der Waals surface area contributed by atoms with Gasteiger partial charge in [0.15, 0.2) is 0 Å². The maximum atomic E-state index is 7.71. The second-order valence-corrected chi connectivity index (χ2v) is 25.8. The molecule has 6 heterocycles. The fraction of sp³-hybridized carbons (Fsp3) is 0.0581. The summed E-state index contributed by atoms with van der Waals surface area (Å²) in [4.78, 5) is 17.7. The lowest BCUT2D eigenvalue weighted by Gasteiger charge is -2.35. The molecule has 0 amide bonds. The van der Waals surface area contributed by atoms with Gasteiger partial charge in [0.25, 0.3) is 0 Å². The summed E-state index contributed by atoms with van der Waals surface area (Å²) in [6.07, 6.45) is 17.1. The van der Waals surface area contributed by atoms with Gasteiger partial charge in [0.05, 0.1) is 28.6 Å². The molecule has 0 fully saturated rings. The third-order valence-corrected chi connectivity index (χ3v) is 19.5. The van der Waals surface area contributed by atoms with Gasteiger partial charge in [0.1, 0.15) is 22.3 Å². The lowest BCUT2D eigenvalue weighted by atomic mass is 9.84. The zero-order valence-electron chi connectivity index (χ0n) is 50.7. The standard InChI is InChI=1S/C86H56N4O2/c1-86(2,3)57-46-70-65-34-35-68(83-67-28-12-11-26-63(67)69-44-56(31-36-73(69)89-83)78-60-24-9-7-20-51(60)42-52-21-8-10-25-61(52)78)85-82(65)80-71(48-58(49-77(80)92-85)90-41-38-59(50-18-5-4-6-19-50)64-27-13-14-30-75(64)90)66-33-32-62(84-81(66)79(70)76(47-57)91-84)53-22-17-23-54(43-53)74-45-55(37-40-88-74)72-29-15-16-39-87-72/h4-49,75H,1-3H3. The number of rotatable bonds is 7. The molecule has 92 heavy (non-hydrogen) atoms. The number of pyridine rings is 3. The minimum atomic E-state index is -0.215. The maximum Gasteiger partial charge on any atom is 0.145 e. The van der Waals surface area contributed by atoms with Gasteiger partial charge in [-0.15, -0.1) is 0 Å². The minimum absolute atomic E-state index is 0.0760. The Kier molecular flexibility index (Phi) is 11.3. The summed E-state index contributed by atoms with van der Waals surface area (Å²) in [6, 6.07) is 83.5. The molecule has 2 aliphatic rings. The molecule has 6 nitrogen and oxygen atoms in total. The molecule has 1 aliphatic heterocycles. The van der Waals surface area contributed by atoms with E-state index in [0.717, 1.165) is 143 Å². The van der Waals surface area contributed by atoms with Crippen molar-refractivity contribution >= 4 is 120 Å². The van der Waals surface area contributed by atoms with Crippen LogP contribution in [0, 0.1) is 0 Å². The van der Waals surface area contributed by atoms with Gasteiger partial charge in [0.2, 0.25) is 0 Å². The Morgan fingerprint density at radius 2 is 1.08 bits per heavy atom. The Hall–Kier alpha value is -11.7. The van der Waals surface area contributed by atoms with Crippen LogP contribution in [0.2, 0.25) is 0 Å². The zero-order valence-corrected chi connectivity index (χ0v) is 50.7. The molecule has 1 aliphatic carbocycles. The summed E-state index contributed by atoms with van der Waals surface area (Å²) < 4.78 is 15.2. The van der Waals surface area contributed by atoms with Crippen molar-refractivity contribution in [3.05, 3.63) is 296 Å². The van der Waals surface area contributed by atoms with Crippen LogP contribution in [0.15, 0.2) is 294 Å². The van der Waals surface area contributed by atoms with Crippen LogP contribution < -0.4 is 4.90 Å². The third-order valence-electron chi connectivity index (χ3n) is 19.5. The molecule has 1 unspecified atom stereocenters. The second-order valence-electron chi connectivity index (χ2n) is 25.8. The van der Waals surface area contributed by atoms with Gasteiger partial charge in [-0.3, -0.25) is 9.97 Å². The molecule has 0 saturated heterocycles. The summed E-state index contributed by atoms with van der Waals surface area (Å²) in [5.74, 6) is 0. The Bertz CT molecular complexity index is 6060. The van der Waals surface area contributed by atoms with Gasteiger partial charge in [0, 0.05) is 84.9 Å². The molecule has 0 radical (unpaired) electrons. The van der Waals surface area contributed by atoms with Gasteiger partial charge >= 0.3 is 0 Å². The van der Waals surface area contributed by atoms with E-state index in [9.17, 15) is 0 Å². The molecule has 0 spiro atoms. The topological polar surface area (TPSA) is 68.2 Å². The van der Waals surface area contributed by atoms with Crippen molar-refractivity contribution in [2.24, 2.45) is 0 Å². The van der Waals surface area contributed by atoms with Crippen LogP contribution in [0.1, 0.15) is 31.9 Å². The number of fused-ring (bicyclic) bond motifs is 8. The number of furan rings is 2. The van der Waals surface area contributed by atoms with Crippen LogP contribution in [0.5, 0.6) is 0 Å². The predicted molar refractivity (Wildman–Crippen MR) is 384 cm³/mol. The number of benzene rings is 11. The molecular weight excluding hydrogens is 1120 g/mol. The Balaban J connectivity index is 0.882. The number of anilines is 1. The monoisotopic (exact) mass is 1180 g/mol. The van der Waals surface area contributed by atoms with Gasteiger partial charge in [-0.05, 0) is 178 Å². The molecule has 1 atom stereocenters. The van der Waals surface area contributed by atoms with E-state index in [4.69, 9.17) is 18.8 Å². The van der Waals surface area contributed by atoms with E-state index < -0.39 is 0 Å². The Labute approximate surface area is 530 Å². The lowest BCUT2D eigenvalue weighted by Crippen LogP contribution is -2.33. The highest BCUT2D eigenvalue weighted by atomic mass is 16.3. The first-order valence-corrected chi connectivity index (χ1v) is 31.6. The van der Waals surface area contributed by atoms with Crippen LogP contribution in [-0.2, 0) is 5.41 Å². The number of hydrogen-bond donors (Lipinski definition) is 0. The summed E-state index contributed by atoms with van der Waals surface area (Å²) >= 11 is 0. The van der Waals surface area contributed by atoms with Crippen LogP contribution in [0.4, 0.5) is 5.69 Å². The van der Waals surface area contributed by atoms with Crippen molar-refractivity contribution in [1.82, 2.24) is 15.0 Å². The smallest absolute Gasteiger partial charge is 0.145 e. The first-order chi connectivity index (χ1) is 45.2. The molecule has 0 N–H and O–H groups in total. The van der Waals surface area contributed by atoms with E-state index in [1.807, 2.05) is 36.7 Å². The van der Waals surface area contributed by atoms with Crippen molar-refractivity contribution in [1.29, 1.82) is 0 Å². The normalized spacial score (nSPS) is 14.4. The molecule has 5 aromatic heterocycles. The van der Waals surface area contributed by atoms with Gasteiger partial charge in [-0.25, -0.2) is 4.98 Å². The summed E-state index contributed by atoms with van der Waals surface area (Å²) in [5.41, 5.74) is 19.8. The van der Waals surface area contributed by atoms with E-state index in [2.05, 4.69) is 273 Å². The maximum absolute atomic E-state index is 7.71. The highest BCUT2D eigenvalue weighted by Gasteiger charge is 2.31. The van der Waals surface area contributed by atoms with Crippen molar-refractivity contribution in [3.8, 4) is 56.0 Å². The van der Waals surface area contributed by atoms with E-state index in [-0.39, 0.29) is 11.5 Å². The quantitative estimate of drug-likeness (QED) is 0.117. The summed E-state index contributed by atoms with van der Waals surface area (Å²) in [5, 5.41) is 16.8. The SMILES string of the molecule is CC(C)(C)c1cc2oc3c(-c4cccc(-c5cc(-c6ccccn6)ccn5)c4)ccc4c5cc(N6C=CC(c7ccccc7)=C7C=CC=CC76)cc6oc7c(-c8nc9ccc(-c%10c%11ccccc%11cc%11ccccc%10%11)cc9c9ccccc89)ccc(c(c1)c2c34)c7c65. The van der Waals surface area contributed by atoms with Gasteiger partial charge in [-0.2, -0.15) is 0 Å². The largest absolute Gasteiger partial charge is 0.455 e. The zero-order chi connectivity index (χ0) is 60.9. The number of aromatic nitrogens is 3. The third kappa shape index (κ3) is 7.96. The average Bonchev–Trinajstić information content (AvgIpc) is 1.48. The average molecular weight is 1180 g/mol. The fourth-order valence-corrected chi connectivity index (χ4v) is 15.1. The Morgan fingerprint density at radius 3 is 1.85 bits per heavy atom. The fourth-order valence-electron chi connectivity index (χ4n) is 15.1. The predicted octanol–water partition coefficient (Wildman–Crippen LogP) is 22.9. The van der Waals surface area contributed by atoms with E-state index in [0.29, 0.717) is 0 Å². The lowest BCUT2D eigenvalue weighted by molar-refractivity contribution is 0.588. The van der Waals surface area contributed by atoms with Crippen LogP contribution in [-0.4, -0.2) is 21.0 Å². The molecule has 0 bridgehead atoms. The minimum Gasteiger partial charge on any atom is -0.455 e. The number of hydrogen-bond acceptors (Lipinski definition) is 6. The second kappa shape index (κ2) is 19.9. The van der Waals surface area contributed by atoms with Gasteiger partial charge in [-0.1, -0.05) is 191 Å². The first-order valence-electron chi connectivity index (χ1n) is 31.6. The summed E-state index contributed by atoms with van der Waals surface area (Å²) in [7, 11) is 0. The van der Waals surface area contributed by atoms with E-state index >= 15 is 0 Å². The van der Waals surface area contributed by atoms with Crippen molar-refractivity contribution in [3.63, 3.8) is 0 Å². The number of allylic oxidation sites excluding steroid dienone is 4. The summed E-state index contributed by atoms with van der Waals surface area (Å²) in [6.45, 7) is 6.87. The molecule has 12 aromatic carbocycles. The number of nitrogens with zero attached hydrogens (tertiary/aromatic N) is 4. The molecule has 19 rings (SSSR count). The van der Waals surface area contributed by atoms with Gasteiger partial charge < -0.3 is 13.7 Å². The highest BCUT2D eigenvalue weighted by Crippen LogP contribution is 2.52. The van der Waals surface area contributed by atoms with Crippen molar-refractivity contribution < 1.29 is 8.83 Å². The molecular formula is C86H56N4O2. The van der Waals surface area contributed by atoms with Crippen molar-refractivity contribution in [2.75, 3.05) is 4.90 Å². The van der Waals surface area contributed by atoms with Crippen LogP contribution in [0.3, 0.4) is 0 Å². The molecule has 0 saturated carbocycles. The highest BCUT2D eigenvalue weighted by molar-refractivity contribution is 6.38. The van der Waals surface area contributed by atoms with E-state index in [1.165, 1.54) is 49.4 Å². The van der Waals surface area contributed by atoms with Crippen LogP contribution >= 0.6 is 0 Å².